The van der Waals surface area contributed by atoms with Crippen LogP contribution in [0.15, 0.2) is 27.1 Å². The minimum absolute atomic E-state index is 0. The molecule has 1 aliphatic rings. The van der Waals surface area contributed by atoms with Gasteiger partial charge in [-0.3, -0.25) is 0 Å². The molecule has 1 fully saturated rings. The van der Waals surface area contributed by atoms with Gasteiger partial charge >= 0.3 is 6.03 Å². The van der Waals surface area contributed by atoms with E-state index in [9.17, 15) is 4.79 Å². The summed E-state index contributed by atoms with van der Waals surface area (Å²) in [6, 6.07) is 5.10. The fraction of sp³-hybridized carbons (Fsp3) is 0.450. The van der Waals surface area contributed by atoms with E-state index in [4.69, 9.17) is 18.4 Å². The van der Waals surface area contributed by atoms with E-state index in [1.807, 2.05) is 32.0 Å². The van der Waals surface area contributed by atoms with Crippen LogP contribution in [0, 0.1) is 12.8 Å². The number of oxazole rings is 1. The first-order chi connectivity index (χ1) is 14.0. The number of benzene rings is 1. The van der Waals surface area contributed by atoms with Gasteiger partial charge < -0.3 is 29.0 Å². The van der Waals surface area contributed by atoms with Gasteiger partial charge in [0.25, 0.3) is 11.8 Å². The molecule has 0 radical (unpaired) electrons. The Kier molecular flexibility index (Phi) is 5.28. The van der Waals surface area contributed by atoms with Gasteiger partial charge in [0.1, 0.15) is 17.9 Å². The minimum atomic E-state index is -0.273. The number of aromatic nitrogens is 2. The molecule has 0 bridgehead atoms. The topological polar surface area (TPSA) is 112 Å². The van der Waals surface area contributed by atoms with Gasteiger partial charge in [0, 0.05) is 16.0 Å². The molecular formula is C20H28N4O5. The van der Waals surface area contributed by atoms with Crippen molar-refractivity contribution < 1.29 is 26.1 Å². The standard InChI is InChI=1S/C20H24N4O5.2H2/c1-11(22-20(25)21-3)9-27-18-12(2)17(29-24-18)19-23-15-8-14(6-7-16(15)28-19)26-10-13-4-5-13;;/h6-8,11,13H,4-5,9-10H2,1-3H3,(H2,21,22,25);2*1H/t11-;;/m0../s1. The van der Waals surface area contributed by atoms with Crippen molar-refractivity contribution in [3.8, 4) is 23.3 Å². The van der Waals surface area contributed by atoms with Crippen LogP contribution in [0.4, 0.5) is 4.79 Å². The lowest BCUT2D eigenvalue weighted by Crippen LogP contribution is -2.41. The number of urea groups is 1. The monoisotopic (exact) mass is 404 g/mol. The summed E-state index contributed by atoms with van der Waals surface area (Å²) in [4.78, 5) is 15.8. The molecule has 9 heteroatoms. The minimum Gasteiger partial charge on any atom is -0.493 e. The average Bonchev–Trinajstić information content (AvgIpc) is 3.34. The van der Waals surface area contributed by atoms with Crippen molar-refractivity contribution in [2.45, 2.75) is 32.7 Å². The van der Waals surface area contributed by atoms with Gasteiger partial charge in [0.2, 0.25) is 5.76 Å². The summed E-state index contributed by atoms with van der Waals surface area (Å²) in [7, 11) is 1.56. The summed E-state index contributed by atoms with van der Waals surface area (Å²) in [5.74, 6) is 2.53. The first kappa shape index (κ1) is 19.1. The van der Waals surface area contributed by atoms with Gasteiger partial charge in [-0.25, -0.2) is 9.78 Å². The Balaban J connectivity index is 0.00000171. The molecule has 4 rings (SSSR count). The lowest BCUT2D eigenvalue weighted by Gasteiger charge is -2.13. The Labute approximate surface area is 170 Å². The Morgan fingerprint density at radius 3 is 2.97 bits per heavy atom. The number of nitrogens with one attached hydrogen (secondary N) is 2. The summed E-state index contributed by atoms with van der Waals surface area (Å²) >= 11 is 0. The molecule has 2 aromatic heterocycles. The summed E-state index contributed by atoms with van der Waals surface area (Å²) in [6.45, 7) is 4.63. The number of amides is 2. The van der Waals surface area contributed by atoms with E-state index in [0.717, 1.165) is 12.4 Å². The zero-order chi connectivity index (χ0) is 20.4. The third-order valence-electron chi connectivity index (χ3n) is 4.69. The lowest BCUT2D eigenvalue weighted by molar-refractivity contribution is 0.222. The van der Waals surface area contributed by atoms with E-state index in [1.54, 1.807) is 7.05 Å². The number of hydrogen-bond acceptors (Lipinski definition) is 7. The Bertz CT molecular complexity index is 1020. The highest BCUT2D eigenvalue weighted by molar-refractivity contribution is 5.77. The Morgan fingerprint density at radius 1 is 1.38 bits per heavy atom. The van der Waals surface area contributed by atoms with E-state index >= 15 is 0 Å². The lowest BCUT2D eigenvalue weighted by atomic mass is 10.3. The zero-order valence-electron chi connectivity index (χ0n) is 16.7. The van der Waals surface area contributed by atoms with E-state index in [1.165, 1.54) is 12.8 Å². The Hall–Kier alpha value is -3.23. The van der Waals surface area contributed by atoms with E-state index in [2.05, 4.69) is 20.8 Å². The fourth-order valence-electron chi connectivity index (χ4n) is 2.79. The second-order valence-electron chi connectivity index (χ2n) is 7.28. The largest absolute Gasteiger partial charge is 0.493 e. The van der Waals surface area contributed by atoms with Crippen molar-refractivity contribution in [2.24, 2.45) is 5.92 Å². The third-order valence-corrected chi connectivity index (χ3v) is 4.69. The fourth-order valence-corrected chi connectivity index (χ4v) is 2.79. The molecule has 3 aromatic rings. The SMILES string of the molecule is CNC(=O)N[C@@H](C)COc1noc(-c2nc3cc(OCC4CC4)ccc3o2)c1C.[HH].[HH]. The maximum Gasteiger partial charge on any atom is 0.314 e. The highest BCUT2D eigenvalue weighted by Gasteiger charge is 2.23. The molecule has 1 saturated carbocycles. The van der Waals surface area contributed by atoms with Crippen LogP contribution >= 0.6 is 0 Å². The molecule has 9 nitrogen and oxygen atoms in total. The highest BCUT2D eigenvalue weighted by atomic mass is 16.5. The van der Waals surface area contributed by atoms with Crippen molar-refractivity contribution in [1.82, 2.24) is 20.8 Å². The third kappa shape index (κ3) is 4.44. The number of carbonyl (C=O) groups excluding carboxylic acids is 1. The van der Waals surface area contributed by atoms with Gasteiger partial charge in [0.15, 0.2) is 5.58 Å². The molecule has 158 valence electrons. The van der Waals surface area contributed by atoms with Gasteiger partial charge in [-0.05, 0) is 49.9 Å². The van der Waals surface area contributed by atoms with Crippen LogP contribution in [0.5, 0.6) is 11.6 Å². The number of rotatable bonds is 8. The van der Waals surface area contributed by atoms with E-state index in [-0.39, 0.29) is 21.5 Å². The van der Waals surface area contributed by atoms with Gasteiger partial charge in [-0.1, -0.05) is 0 Å². The number of ether oxygens (including phenoxy) is 2. The molecule has 2 amide bonds. The second kappa shape index (κ2) is 8.02. The molecule has 0 saturated heterocycles. The molecule has 1 atom stereocenters. The van der Waals surface area contributed by atoms with Crippen LogP contribution in [0.2, 0.25) is 0 Å². The molecular weight excluding hydrogens is 376 g/mol. The van der Waals surface area contributed by atoms with E-state index < -0.39 is 0 Å². The van der Waals surface area contributed by atoms with Gasteiger partial charge in [-0.15, -0.1) is 0 Å². The smallest absolute Gasteiger partial charge is 0.314 e. The van der Waals surface area contributed by atoms with Crippen LogP contribution in [-0.4, -0.2) is 42.5 Å². The van der Waals surface area contributed by atoms with Crippen LogP contribution < -0.4 is 20.1 Å². The highest BCUT2D eigenvalue weighted by Crippen LogP contribution is 2.33. The summed E-state index contributed by atoms with van der Waals surface area (Å²) in [6.07, 6.45) is 2.48. The predicted octanol–water partition coefficient (Wildman–Crippen LogP) is 3.77. The molecule has 0 aliphatic heterocycles. The average molecular weight is 404 g/mol. The van der Waals surface area contributed by atoms with Crippen molar-refractivity contribution in [2.75, 3.05) is 20.3 Å². The zero-order valence-corrected chi connectivity index (χ0v) is 16.7. The maximum absolute atomic E-state index is 11.3. The maximum atomic E-state index is 11.3. The number of carbonyl (C=O) groups is 1. The molecule has 1 aliphatic carbocycles. The van der Waals surface area contributed by atoms with Crippen molar-refractivity contribution in [3.05, 3.63) is 23.8 Å². The second-order valence-corrected chi connectivity index (χ2v) is 7.28. The van der Waals surface area contributed by atoms with Gasteiger partial charge in [-0.2, -0.15) is 0 Å². The summed E-state index contributed by atoms with van der Waals surface area (Å²) < 4.78 is 22.7. The molecule has 29 heavy (non-hydrogen) atoms. The van der Waals surface area contributed by atoms with Crippen molar-refractivity contribution in [1.29, 1.82) is 0 Å². The predicted molar refractivity (Wildman–Crippen MR) is 109 cm³/mol. The quantitative estimate of drug-likeness (QED) is 0.588. The first-order valence-corrected chi connectivity index (χ1v) is 9.64. The van der Waals surface area contributed by atoms with Crippen molar-refractivity contribution in [3.63, 3.8) is 0 Å². The number of fused-ring (bicyclic) bond motifs is 1. The van der Waals surface area contributed by atoms with Crippen LogP contribution in [0.3, 0.4) is 0 Å². The molecule has 1 aromatic carbocycles. The molecule has 0 unspecified atom stereocenters. The van der Waals surface area contributed by atoms with Crippen LogP contribution in [-0.2, 0) is 0 Å². The van der Waals surface area contributed by atoms with Crippen LogP contribution in [0.25, 0.3) is 22.8 Å². The molecule has 2 N–H and O–H groups in total. The summed E-state index contributed by atoms with van der Waals surface area (Å²) in [5, 5.41) is 9.18. The van der Waals surface area contributed by atoms with E-state index in [0.29, 0.717) is 40.1 Å². The summed E-state index contributed by atoms with van der Waals surface area (Å²) in [5.41, 5.74) is 2.00. The Morgan fingerprint density at radius 2 is 2.21 bits per heavy atom. The number of hydrogen-bond donors (Lipinski definition) is 2. The van der Waals surface area contributed by atoms with Crippen LogP contribution in [0.1, 0.15) is 28.2 Å². The molecule has 2 heterocycles. The first-order valence-electron chi connectivity index (χ1n) is 9.64. The molecule has 0 spiro atoms. The van der Waals surface area contributed by atoms with Crippen molar-refractivity contribution >= 4 is 17.1 Å². The van der Waals surface area contributed by atoms with Gasteiger partial charge in [0.05, 0.1) is 18.2 Å². The number of nitrogens with zero attached hydrogens (tertiary/aromatic N) is 2. The normalized spacial score (nSPS) is 14.6.